The molecule has 0 atom stereocenters. The van der Waals surface area contributed by atoms with Crippen molar-refractivity contribution in [1.82, 2.24) is 0 Å². The Morgan fingerprint density at radius 3 is 2.46 bits per heavy atom. The summed E-state index contributed by atoms with van der Waals surface area (Å²) in [6, 6.07) is 19.3. The summed E-state index contributed by atoms with van der Waals surface area (Å²) in [5.41, 5.74) is 4.48. The molecule has 3 aromatic carbocycles. The molecule has 0 fully saturated rings. The van der Waals surface area contributed by atoms with Crippen LogP contribution in [0, 0.1) is 13.8 Å². The van der Waals surface area contributed by atoms with Crippen LogP contribution >= 0.6 is 23.4 Å². The maximum atomic E-state index is 12.7. The summed E-state index contributed by atoms with van der Waals surface area (Å²) in [4.78, 5) is 13.9. The lowest BCUT2D eigenvalue weighted by Crippen LogP contribution is -2.13. The molecule has 144 valence electrons. The maximum Gasteiger partial charge on any atom is 0.255 e. The Morgan fingerprint density at radius 2 is 1.79 bits per heavy atom. The number of halogens is 1. The first-order valence-corrected chi connectivity index (χ1v) is 10.3. The van der Waals surface area contributed by atoms with Crippen LogP contribution in [0.5, 0.6) is 5.75 Å². The van der Waals surface area contributed by atoms with Crippen molar-refractivity contribution in [3.8, 4) is 5.75 Å². The van der Waals surface area contributed by atoms with E-state index in [2.05, 4.69) is 36.5 Å². The molecule has 3 rings (SSSR count). The molecular weight excluding hydrogens is 390 g/mol. The highest BCUT2D eigenvalue weighted by atomic mass is 35.5. The van der Waals surface area contributed by atoms with E-state index in [1.807, 2.05) is 31.2 Å². The van der Waals surface area contributed by atoms with E-state index in [0.717, 1.165) is 22.6 Å². The highest BCUT2D eigenvalue weighted by Gasteiger charge is 2.12. The normalized spacial score (nSPS) is 10.6. The van der Waals surface area contributed by atoms with E-state index < -0.39 is 0 Å². The molecule has 0 aliphatic rings. The van der Waals surface area contributed by atoms with Gasteiger partial charge < -0.3 is 10.1 Å². The molecule has 0 aliphatic carbocycles. The summed E-state index contributed by atoms with van der Waals surface area (Å²) in [5, 5.41) is 3.60. The lowest BCUT2D eigenvalue weighted by Gasteiger charge is -2.12. The van der Waals surface area contributed by atoms with Gasteiger partial charge >= 0.3 is 0 Å². The number of carbonyl (C=O) groups is 1. The lowest BCUT2D eigenvalue weighted by atomic mass is 10.1. The molecule has 1 amide bonds. The Balaban J connectivity index is 1.77. The minimum Gasteiger partial charge on any atom is -0.496 e. The molecule has 3 aromatic rings. The highest BCUT2D eigenvalue weighted by Crippen LogP contribution is 2.29. The zero-order valence-electron chi connectivity index (χ0n) is 16.1. The standard InChI is InChI=1S/C23H22ClNO2S/c1-15-4-8-20(9-5-15)28-14-18-13-17(6-11-22(18)27-3)23(26)25-21-10-7-19(24)12-16(21)2/h4-13H,14H2,1-3H3,(H,25,26). The number of anilines is 1. The van der Waals surface area contributed by atoms with Crippen molar-refractivity contribution >= 4 is 35.0 Å². The van der Waals surface area contributed by atoms with Gasteiger partial charge in [0.05, 0.1) is 7.11 Å². The zero-order chi connectivity index (χ0) is 20.1. The second-order valence-electron chi connectivity index (χ2n) is 6.54. The minimum absolute atomic E-state index is 0.158. The SMILES string of the molecule is COc1ccc(C(=O)Nc2ccc(Cl)cc2C)cc1CSc1ccc(C)cc1. The fraction of sp³-hybridized carbons (Fsp3) is 0.174. The average molecular weight is 412 g/mol. The summed E-state index contributed by atoms with van der Waals surface area (Å²) in [5.74, 6) is 1.33. The largest absolute Gasteiger partial charge is 0.496 e. The topological polar surface area (TPSA) is 38.3 Å². The van der Waals surface area contributed by atoms with Gasteiger partial charge in [-0.05, 0) is 67.9 Å². The van der Waals surface area contributed by atoms with E-state index in [1.165, 1.54) is 10.5 Å². The van der Waals surface area contributed by atoms with Crippen LogP contribution in [0.4, 0.5) is 5.69 Å². The van der Waals surface area contributed by atoms with E-state index in [0.29, 0.717) is 16.3 Å². The second-order valence-corrected chi connectivity index (χ2v) is 8.03. The van der Waals surface area contributed by atoms with Crippen LogP contribution in [-0.4, -0.2) is 13.0 Å². The van der Waals surface area contributed by atoms with Crippen LogP contribution in [0.15, 0.2) is 65.6 Å². The summed E-state index contributed by atoms with van der Waals surface area (Å²) >= 11 is 7.70. The molecule has 0 aliphatic heterocycles. The molecule has 0 radical (unpaired) electrons. The molecule has 1 N–H and O–H groups in total. The van der Waals surface area contributed by atoms with Crippen molar-refractivity contribution in [2.75, 3.05) is 12.4 Å². The lowest BCUT2D eigenvalue weighted by molar-refractivity contribution is 0.102. The van der Waals surface area contributed by atoms with Crippen LogP contribution in [0.3, 0.4) is 0 Å². The summed E-state index contributed by atoms with van der Waals surface area (Å²) < 4.78 is 5.48. The van der Waals surface area contributed by atoms with E-state index in [4.69, 9.17) is 16.3 Å². The van der Waals surface area contributed by atoms with E-state index in [9.17, 15) is 4.79 Å². The predicted octanol–water partition coefficient (Wildman–Crippen LogP) is 6.51. The zero-order valence-corrected chi connectivity index (χ0v) is 17.7. The third-order valence-corrected chi connectivity index (χ3v) is 5.69. The summed E-state index contributed by atoms with van der Waals surface area (Å²) in [7, 11) is 1.65. The molecule has 0 unspecified atom stereocenters. The Bertz CT molecular complexity index is 986. The first-order chi connectivity index (χ1) is 13.5. The molecule has 0 bridgehead atoms. The van der Waals surface area contributed by atoms with Crippen molar-refractivity contribution in [1.29, 1.82) is 0 Å². The van der Waals surface area contributed by atoms with Gasteiger partial charge in [0.15, 0.2) is 0 Å². The minimum atomic E-state index is -0.158. The van der Waals surface area contributed by atoms with Crippen LogP contribution in [0.2, 0.25) is 5.02 Å². The van der Waals surface area contributed by atoms with Crippen LogP contribution < -0.4 is 10.1 Å². The number of rotatable bonds is 6. The average Bonchev–Trinajstić information content (AvgIpc) is 2.69. The van der Waals surface area contributed by atoms with Gasteiger partial charge in [-0.3, -0.25) is 4.79 Å². The molecule has 28 heavy (non-hydrogen) atoms. The molecule has 0 saturated heterocycles. The molecule has 5 heteroatoms. The van der Waals surface area contributed by atoms with Gasteiger partial charge in [-0.15, -0.1) is 11.8 Å². The quantitative estimate of drug-likeness (QED) is 0.470. The Kier molecular flexibility index (Phi) is 6.65. The Morgan fingerprint density at radius 1 is 1.04 bits per heavy atom. The number of aryl methyl sites for hydroxylation is 2. The Labute approximate surface area is 175 Å². The number of hydrogen-bond donors (Lipinski definition) is 1. The van der Waals surface area contributed by atoms with Gasteiger partial charge in [-0.2, -0.15) is 0 Å². The predicted molar refractivity (Wildman–Crippen MR) is 118 cm³/mol. The number of nitrogens with one attached hydrogen (secondary N) is 1. The first kappa shape index (κ1) is 20.3. The fourth-order valence-electron chi connectivity index (χ4n) is 2.79. The van der Waals surface area contributed by atoms with Crippen LogP contribution in [0.25, 0.3) is 0 Å². The van der Waals surface area contributed by atoms with Gasteiger partial charge in [-0.25, -0.2) is 0 Å². The smallest absolute Gasteiger partial charge is 0.255 e. The highest BCUT2D eigenvalue weighted by molar-refractivity contribution is 7.98. The number of amides is 1. The monoisotopic (exact) mass is 411 g/mol. The van der Waals surface area contributed by atoms with Gasteiger partial charge in [0.2, 0.25) is 0 Å². The van der Waals surface area contributed by atoms with Gasteiger partial charge in [0, 0.05) is 32.5 Å². The van der Waals surface area contributed by atoms with E-state index in [-0.39, 0.29) is 5.91 Å². The van der Waals surface area contributed by atoms with Crippen LogP contribution in [-0.2, 0) is 5.75 Å². The second kappa shape index (κ2) is 9.18. The van der Waals surface area contributed by atoms with Gasteiger partial charge in [0.25, 0.3) is 5.91 Å². The van der Waals surface area contributed by atoms with E-state index >= 15 is 0 Å². The molecule has 0 heterocycles. The van der Waals surface area contributed by atoms with E-state index in [1.54, 1.807) is 31.0 Å². The molecule has 0 aromatic heterocycles. The van der Waals surface area contributed by atoms with Crippen LogP contribution in [0.1, 0.15) is 27.0 Å². The number of benzene rings is 3. The fourth-order valence-corrected chi connectivity index (χ4v) is 3.89. The Hall–Kier alpha value is -2.43. The van der Waals surface area contributed by atoms with Crippen molar-refractivity contribution in [2.24, 2.45) is 0 Å². The van der Waals surface area contributed by atoms with Crippen molar-refractivity contribution in [2.45, 2.75) is 24.5 Å². The third-order valence-electron chi connectivity index (χ3n) is 4.39. The number of carbonyl (C=O) groups excluding carboxylic acids is 1. The number of hydrogen-bond acceptors (Lipinski definition) is 3. The molecular formula is C23H22ClNO2S. The maximum absolute atomic E-state index is 12.7. The number of ether oxygens (including phenoxy) is 1. The third kappa shape index (κ3) is 5.09. The first-order valence-electron chi connectivity index (χ1n) is 8.90. The number of thioether (sulfide) groups is 1. The van der Waals surface area contributed by atoms with Crippen molar-refractivity contribution in [3.63, 3.8) is 0 Å². The number of methoxy groups -OCH3 is 1. The van der Waals surface area contributed by atoms with Gasteiger partial charge in [-0.1, -0.05) is 29.3 Å². The molecule has 0 saturated carbocycles. The van der Waals surface area contributed by atoms with Gasteiger partial charge in [0.1, 0.15) is 5.75 Å². The summed E-state index contributed by atoms with van der Waals surface area (Å²) in [6.45, 7) is 3.99. The van der Waals surface area contributed by atoms with Crippen molar-refractivity contribution < 1.29 is 9.53 Å². The molecule has 0 spiro atoms. The molecule has 3 nitrogen and oxygen atoms in total. The van der Waals surface area contributed by atoms with Crippen molar-refractivity contribution in [3.05, 3.63) is 87.9 Å². The summed E-state index contributed by atoms with van der Waals surface area (Å²) in [6.07, 6.45) is 0.